The second-order valence-electron chi connectivity index (χ2n) is 9.66. The predicted octanol–water partition coefficient (Wildman–Crippen LogP) is 7.45. The molecule has 1 aromatic heterocycles. The maximum absolute atomic E-state index is 13.2. The number of alkyl halides is 3. The van der Waals surface area contributed by atoms with E-state index < -0.39 is 26.8 Å². The van der Waals surface area contributed by atoms with E-state index in [1.807, 2.05) is 19.1 Å². The van der Waals surface area contributed by atoms with E-state index in [1.165, 1.54) is 22.9 Å². The van der Waals surface area contributed by atoms with Gasteiger partial charge in [-0.3, -0.25) is 14.8 Å². The van der Waals surface area contributed by atoms with Gasteiger partial charge in [-0.15, -0.1) is 9.32 Å². The topological polar surface area (TPSA) is 161 Å². The molecule has 3 N–H and O–H groups in total. The van der Waals surface area contributed by atoms with Crippen molar-refractivity contribution in [2.75, 3.05) is 11.0 Å². The third kappa shape index (κ3) is 10.0. The summed E-state index contributed by atoms with van der Waals surface area (Å²) < 4.78 is 75.7. The molecule has 0 amide bonds. The van der Waals surface area contributed by atoms with Crippen molar-refractivity contribution in [3.8, 4) is 28.4 Å². The highest BCUT2D eigenvalue weighted by Crippen LogP contribution is 2.35. The lowest BCUT2D eigenvalue weighted by Crippen LogP contribution is -2.10. The second-order valence-corrected chi connectivity index (χ2v) is 12.2. The van der Waals surface area contributed by atoms with E-state index in [0.29, 0.717) is 27.6 Å². The Hall–Kier alpha value is -4.94. The zero-order valence-corrected chi connectivity index (χ0v) is 26.2. The number of nitro benzene ring substituents is 1. The molecule has 5 rings (SSSR count). The summed E-state index contributed by atoms with van der Waals surface area (Å²) in [5.74, 6) is 5.27. The summed E-state index contributed by atoms with van der Waals surface area (Å²) in [6, 6.07) is 27.0. The highest BCUT2D eigenvalue weighted by atomic mass is 32.2. The van der Waals surface area contributed by atoms with Crippen molar-refractivity contribution >= 4 is 33.4 Å². The quantitative estimate of drug-likeness (QED) is 0.0652. The molecular weight excluding hydrogens is 663 g/mol. The average Bonchev–Trinajstić information content (AvgIpc) is 3.48. The number of sulfonamides is 1. The maximum atomic E-state index is 13.2. The number of halogens is 3. The molecule has 0 bridgehead atoms. The molecule has 0 unspecified atom stereocenters. The van der Waals surface area contributed by atoms with Crippen molar-refractivity contribution in [2.45, 2.75) is 18.0 Å². The fourth-order valence-electron chi connectivity index (χ4n) is 3.96. The molecule has 47 heavy (non-hydrogen) atoms. The van der Waals surface area contributed by atoms with Crippen LogP contribution in [-0.4, -0.2) is 29.4 Å². The summed E-state index contributed by atoms with van der Waals surface area (Å²) in [7, 11) is -3.52. The van der Waals surface area contributed by atoms with E-state index in [4.69, 9.17) is 10.6 Å². The van der Waals surface area contributed by atoms with Crippen LogP contribution in [0.4, 0.5) is 24.5 Å². The molecule has 5 aromatic rings. The molecule has 246 valence electrons. The third-order valence-corrected chi connectivity index (χ3v) is 7.24. The zero-order chi connectivity index (χ0) is 34.2. The summed E-state index contributed by atoms with van der Waals surface area (Å²) in [4.78, 5) is 14.9. The van der Waals surface area contributed by atoms with Gasteiger partial charge in [-0.25, -0.2) is 13.1 Å². The van der Waals surface area contributed by atoms with Gasteiger partial charge in [0.2, 0.25) is 10.0 Å². The van der Waals surface area contributed by atoms with Crippen molar-refractivity contribution in [1.29, 1.82) is 0 Å². The second kappa shape index (κ2) is 15.1. The van der Waals surface area contributed by atoms with Crippen LogP contribution in [0.25, 0.3) is 16.9 Å². The molecule has 0 radical (unpaired) electrons. The predicted molar refractivity (Wildman–Crippen MR) is 169 cm³/mol. The Kier molecular flexibility index (Phi) is 11.2. The van der Waals surface area contributed by atoms with E-state index in [-0.39, 0.29) is 17.1 Å². The van der Waals surface area contributed by atoms with Gasteiger partial charge in [-0.1, -0.05) is 48.0 Å². The number of nitrogens with one attached hydrogen (secondary N) is 1. The Morgan fingerprint density at radius 1 is 0.957 bits per heavy atom. The number of non-ortho nitro benzene ring substituents is 1. The molecule has 12 nitrogen and oxygen atoms in total. The van der Waals surface area contributed by atoms with Crippen molar-refractivity contribution < 1.29 is 40.6 Å². The van der Waals surface area contributed by atoms with Crippen LogP contribution in [0.15, 0.2) is 108 Å². The number of ether oxygens (including phenoxy) is 1. The summed E-state index contributed by atoms with van der Waals surface area (Å²) in [6.07, 6.45) is -3.55. The minimum atomic E-state index is -4.53. The first kappa shape index (κ1) is 34.9. The number of benzene rings is 4. The normalized spacial score (nSPS) is 11.4. The van der Waals surface area contributed by atoms with Gasteiger partial charge in [0.15, 0.2) is 11.4 Å². The van der Waals surface area contributed by atoms with Gasteiger partial charge in [0.25, 0.3) is 5.69 Å². The lowest BCUT2D eigenvalue weighted by Gasteiger charge is -2.11. The molecule has 0 aliphatic carbocycles. The molecule has 0 aliphatic rings. The number of rotatable bonds is 10. The standard InChI is InChI=1S/C17H14F3N3O2S.C13H12N2O5S/c1-11-2-4-12(5-3-11)15-10-16(17(18,19)20)22-23(15)13-6-8-14(9-7-13)26-25-24-21;1-21(18,19)14-12-8-7-10(15(16)17)9-13(12)20-11-5-3-2-4-6-11/h2-10H,21H2,1H3;2-9,14H,1H3. The van der Waals surface area contributed by atoms with Gasteiger partial charge in [-0.2, -0.15) is 24.2 Å². The maximum Gasteiger partial charge on any atom is 0.435 e. The number of nitro groups is 1. The molecule has 0 saturated carbocycles. The van der Waals surface area contributed by atoms with Crippen LogP contribution in [0.2, 0.25) is 0 Å². The average molecular weight is 690 g/mol. The molecule has 17 heteroatoms. The first-order valence-corrected chi connectivity index (χ1v) is 15.9. The number of anilines is 1. The summed E-state index contributed by atoms with van der Waals surface area (Å²) in [6.45, 7) is 1.91. The first-order chi connectivity index (χ1) is 22.2. The Bertz CT molecular complexity index is 1920. The number of nitrogens with two attached hydrogens (primary N) is 1. The molecule has 0 fully saturated rings. The molecule has 4 aromatic carbocycles. The summed E-state index contributed by atoms with van der Waals surface area (Å²) >= 11 is 0.879. The van der Waals surface area contributed by atoms with Crippen molar-refractivity contribution in [2.24, 2.45) is 5.90 Å². The van der Waals surface area contributed by atoms with Crippen LogP contribution in [0.1, 0.15) is 11.3 Å². The van der Waals surface area contributed by atoms with Crippen molar-refractivity contribution in [1.82, 2.24) is 9.78 Å². The number of hydrogen-bond donors (Lipinski definition) is 2. The number of para-hydroxylation sites is 1. The SMILES string of the molecule is CS(=O)(=O)Nc1ccc([N+](=O)[O-])cc1Oc1ccccc1.Cc1ccc(-c2cc(C(F)(F)F)nn2-c2ccc(SOON)cc2)cc1. The van der Waals surface area contributed by atoms with Crippen LogP contribution in [-0.2, 0) is 25.5 Å². The van der Waals surface area contributed by atoms with E-state index in [9.17, 15) is 31.7 Å². The van der Waals surface area contributed by atoms with Gasteiger partial charge >= 0.3 is 6.18 Å². The van der Waals surface area contributed by atoms with Gasteiger partial charge in [0, 0.05) is 16.5 Å². The van der Waals surface area contributed by atoms with Crippen LogP contribution in [0.5, 0.6) is 11.5 Å². The highest BCUT2D eigenvalue weighted by Gasteiger charge is 2.35. The Labute approximate surface area is 271 Å². The van der Waals surface area contributed by atoms with Gasteiger partial charge in [-0.05, 0) is 55.5 Å². The third-order valence-electron chi connectivity index (χ3n) is 6.04. The zero-order valence-electron chi connectivity index (χ0n) is 24.5. The van der Waals surface area contributed by atoms with Crippen LogP contribution in [0, 0.1) is 17.0 Å². The van der Waals surface area contributed by atoms with Crippen molar-refractivity contribution in [3.63, 3.8) is 0 Å². The van der Waals surface area contributed by atoms with E-state index >= 15 is 0 Å². The highest BCUT2D eigenvalue weighted by molar-refractivity contribution is 7.94. The van der Waals surface area contributed by atoms with E-state index in [0.717, 1.165) is 29.9 Å². The monoisotopic (exact) mass is 689 g/mol. The van der Waals surface area contributed by atoms with E-state index in [1.54, 1.807) is 66.7 Å². The lowest BCUT2D eigenvalue weighted by atomic mass is 10.1. The van der Waals surface area contributed by atoms with E-state index in [2.05, 4.69) is 19.1 Å². The van der Waals surface area contributed by atoms with Crippen LogP contribution in [0.3, 0.4) is 0 Å². The molecule has 0 atom stereocenters. The molecular formula is C30H26F3N5O7S2. The molecule has 0 spiro atoms. The molecule has 0 aliphatic heterocycles. The largest absolute Gasteiger partial charge is 0.455 e. The van der Waals surface area contributed by atoms with Gasteiger partial charge in [0.1, 0.15) is 5.75 Å². The fourth-order valence-corrected chi connectivity index (χ4v) is 4.89. The fraction of sp³-hybridized carbons (Fsp3) is 0.100. The first-order valence-electron chi connectivity index (χ1n) is 13.3. The summed E-state index contributed by atoms with van der Waals surface area (Å²) in [5.41, 5.74) is 1.46. The number of nitrogens with zero attached hydrogens (tertiary/aromatic N) is 3. The smallest absolute Gasteiger partial charge is 0.435 e. The Morgan fingerprint density at radius 2 is 1.62 bits per heavy atom. The lowest BCUT2D eigenvalue weighted by molar-refractivity contribution is -0.384. The molecule has 1 heterocycles. The number of aromatic nitrogens is 2. The minimum absolute atomic E-state index is 0.0563. The Balaban J connectivity index is 0.000000218. The minimum Gasteiger partial charge on any atom is -0.455 e. The van der Waals surface area contributed by atoms with Crippen molar-refractivity contribution in [3.05, 3.63) is 124 Å². The van der Waals surface area contributed by atoms with Crippen LogP contribution < -0.4 is 15.4 Å². The number of aryl methyl sites for hydroxylation is 1. The van der Waals surface area contributed by atoms with Gasteiger partial charge < -0.3 is 4.74 Å². The van der Waals surface area contributed by atoms with Gasteiger partial charge in [0.05, 0.1) is 46.4 Å². The summed E-state index contributed by atoms with van der Waals surface area (Å²) in [5, 5.41) is 14.6. The number of hydrogen-bond acceptors (Lipinski definition) is 10. The van der Waals surface area contributed by atoms with Crippen LogP contribution >= 0.6 is 12.0 Å². The molecule has 0 saturated heterocycles. The Morgan fingerprint density at radius 3 is 2.19 bits per heavy atom.